The van der Waals surface area contributed by atoms with Gasteiger partial charge in [0.05, 0.1) is 19.0 Å². The number of hydrogen-bond acceptors (Lipinski definition) is 17. The molecule has 2 heterocycles. The molecule has 3 saturated carbocycles. The lowest BCUT2D eigenvalue weighted by molar-refractivity contribution is -0.142. The first-order valence-electron chi connectivity index (χ1n) is 32.1. The van der Waals surface area contributed by atoms with Crippen LogP contribution in [0.5, 0.6) is 5.75 Å². The maximum Gasteiger partial charge on any atom is 0.246 e. The van der Waals surface area contributed by atoms with E-state index in [1.807, 2.05) is 19.9 Å². The molecular formula is C64H96N12O14S2. The fourth-order valence-corrected chi connectivity index (χ4v) is 16.8. The Labute approximate surface area is 545 Å². The topological polar surface area (TPSA) is 434 Å². The number of benzene rings is 1. The quantitative estimate of drug-likeness (QED) is 0.0916. The summed E-state index contributed by atoms with van der Waals surface area (Å²) in [5.74, 6) is -7.10. The van der Waals surface area contributed by atoms with Crippen LogP contribution in [-0.4, -0.2) is 159 Å². The average Bonchev–Trinajstić information content (AvgIpc) is 1.37. The summed E-state index contributed by atoms with van der Waals surface area (Å²) in [6.45, 7) is 13.2. The lowest BCUT2D eigenvalue weighted by Crippen LogP contribution is -2.61. The Balaban J connectivity index is 0.000000480. The molecule has 4 aliphatic carbocycles. The lowest BCUT2D eigenvalue weighted by atomic mass is 9.47. The molecule has 0 spiro atoms. The summed E-state index contributed by atoms with van der Waals surface area (Å²) in [5.41, 5.74) is 24.9. The van der Waals surface area contributed by atoms with E-state index in [9.17, 15) is 67.4 Å². The summed E-state index contributed by atoms with van der Waals surface area (Å²) < 4.78 is 0. The summed E-state index contributed by atoms with van der Waals surface area (Å²) in [7, 11) is 2.05. The van der Waals surface area contributed by atoms with Gasteiger partial charge in [0.25, 0.3) is 0 Å². The molecule has 0 radical (unpaired) electrons. The molecule has 28 heteroatoms. The third-order valence-electron chi connectivity index (χ3n) is 19.7. The lowest BCUT2D eigenvalue weighted by Gasteiger charge is -2.58. The molecule has 2 saturated heterocycles. The number of carbonyl (C=O) groups is 13. The molecule has 16 N–H and O–H groups in total. The van der Waals surface area contributed by atoms with E-state index in [1.54, 1.807) is 20.8 Å². The summed E-state index contributed by atoms with van der Waals surface area (Å²) in [6, 6.07) is -5.05. The van der Waals surface area contributed by atoms with E-state index < -0.39 is 145 Å². The predicted octanol–water partition coefficient (Wildman–Crippen LogP) is 1.11. The van der Waals surface area contributed by atoms with Crippen molar-refractivity contribution >= 4 is 98.1 Å². The van der Waals surface area contributed by atoms with Gasteiger partial charge in [0.2, 0.25) is 65.0 Å². The number of aromatic hydroxyl groups is 1. The smallest absolute Gasteiger partial charge is 0.246 e. The largest absolute Gasteiger partial charge is 0.508 e. The normalized spacial score (nSPS) is 30.5. The Hall–Kier alpha value is -7.07. The van der Waals surface area contributed by atoms with E-state index in [1.165, 1.54) is 60.4 Å². The van der Waals surface area contributed by atoms with Crippen molar-refractivity contribution in [2.24, 2.45) is 69.3 Å². The number of ketones is 2. The molecule has 1 aromatic carbocycles. The molecule has 1 aromatic rings. The highest BCUT2D eigenvalue weighted by Crippen LogP contribution is 2.66. The molecule has 0 bridgehead atoms. The Morgan fingerprint density at radius 2 is 1.39 bits per heavy atom. The molecule has 0 unspecified atom stereocenters. The van der Waals surface area contributed by atoms with Crippen molar-refractivity contribution < 1.29 is 67.4 Å². The van der Waals surface area contributed by atoms with Crippen LogP contribution >= 0.6 is 21.6 Å². The van der Waals surface area contributed by atoms with E-state index in [-0.39, 0.29) is 59.8 Å². The molecule has 15 atom stereocenters. The maximum absolute atomic E-state index is 14.5. The molecular weight excluding hydrogens is 1220 g/mol. The van der Waals surface area contributed by atoms with E-state index in [4.69, 9.17) is 22.9 Å². The number of nitrogens with zero attached hydrogens (tertiary/aromatic N) is 1. The first-order chi connectivity index (χ1) is 43.4. The second-order valence-corrected chi connectivity index (χ2v) is 29.2. The number of phenolic OH excluding ortho intramolecular Hbond substituents is 1. The Bertz CT molecular complexity index is 2970. The number of likely N-dealkylation sites (tertiary alicyclic amines) is 1. The molecule has 11 amide bonds. The average molecular weight is 1320 g/mol. The zero-order valence-electron chi connectivity index (χ0n) is 53.9. The summed E-state index contributed by atoms with van der Waals surface area (Å²) in [6.07, 6.45) is 10.3. The highest BCUT2D eigenvalue weighted by atomic mass is 33.1. The van der Waals surface area contributed by atoms with Crippen molar-refractivity contribution in [3.05, 3.63) is 41.5 Å². The predicted molar refractivity (Wildman–Crippen MR) is 345 cm³/mol. The van der Waals surface area contributed by atoms with Gasteiger partial charge < -0.3 is 70.2 Å². The molecule has 5 fully saturated rings. The van der Waals surface area contributed by atoms with Crippen molar-refractivity contribution in [3.63, 3.8) is 0 Å². The van der Waals surface area contributed by atoms with Crippen LogP contribution in [0.15, 0.2) is 35.9 Å². The number of fused-ring (bicyclic) bond motifs is 5. The van der Waals surface area contributed by atoms with Gasteiger partial charge in [-0.25, -0.2) is 0 Å². The number of rotatable bonds is 18. The molecule has 0 aromatic heterocycles. The van der Waals surface area contributed by atoms with Gasteiger partial charge >= 0.3 is 0 Å². The van der Waals surface area contributed by atoms with Gasteiger partial charge in [-0.1, -0.05) is 87.3 Å². The van der Waals surface area contributed by atoms with Crippen molar-refractivity contribution in [3.8, 4) is 5.75 Å². The number of primary amides is 3. The van der Waals surface area contributed by atoms with E-state index in [0.29, 0.717) is 35.9 Å². The zero-order valence-corrected chi connectivity index (χ0v) is 55.6. The number of amides is 11. The van der Waals surface area contributed by atoms with Gasteiger partial charge in [0.1, 0.15) is 53.8 Å². The van der Waals surface area contributed by atoms with Crippen LogP contribution in [0.4, 0.5) is 0 Å². The standard InChI is InChI=1S/C43H66N12O12S2.C21H30O2/c1-5-22(4)35-42(66)49-26(12-13-32(45)57)38(62)51-29(17-33(46)58)39(63)53-30(20-69-68-19-25(44)36(60)50-28(40(64)54-35)16-23-8-10-24(56)11-9-23)43(67)55-14-6-7-31(55)41(65)52-27(15-21(2)3)37(61)48-18-34(47)59;1-13(22)17-6-7-18-16-5-4-14-12-15(23)8-10-20(14,2)19(16)9-11-21(17,18)3/h8-11,21-22,25-31,35,56H,5-7,12-20,44H2,1-4H3,(H2,45,57)(H2,46,58)(H2,47,59)(H,48,61)(H,49,66)(H,50,60)(H,51,62)(H,52,65)(H,53,63)(H,54,64);12,16-19H,4-11H2,1-3H3/t22-,25-,26-,27-,28-,29-,30-,31-,35-;16-,17+,18-,19-,20-,21+/m00/s1. The Kier molecular flexibility index (Phi) is 26.7. The van der Waals surface area contributed by atoms with Crippen molar-refractivity contribution in [2.45, 2.75) is 200 Å². The minimum Gasteiger partial charge on any atom is -0.508 e. The van der Waals surface area contributed by atoms with E-state index in [2.05, 4.69) is 51.1 Å². The molecule has 26 nitrogen and oxygen atoms in total. The highest BCUT2D eigenvalue weighted by molar-refractivity contribution is 8.76. The molecule has 92 heavy (non-hydrogen) atoms. The summed E-state index contributed by atoms with van der Waals surface area (Å²) >= 11 is 0. The van der Waals surface area contributed by atoms with Crippen LogP contribution < -0.4 is 60.2 Å². The van der Waals surface area contributed by atoms with E-state index in [0.717, 1.165) is 65.0 Å². The van der Waals surface area contributed by atoms with Crippen molar-refractivity contribution in [1.29, 1.82) is 0 Å². The van der Waals surface area contributed by atoms with Crippen LogP contribution in [-0.2, 0) is 68.7 Å². The van der Waals surface area contributed by atoms with Crippen LogP contribution in [0, 0.1) is 46.3 Å². The molecule has 508 valence electrons. The number of nitrogens with two attached hydrogens (primary N) is 4. The number of phenols is 1. The van der Waals surface area contributed by atoms with Crippen molar-refractivity contribution in [1.82, 2.24) is 42.1 Å². The SMILES string of the molecule is CC(=O)[C@H]1CC[C@H]2[C@@H]3CCC4=CC(=O)CC[C@]4(C)[C@H]3CC[C@]12C.CC[C@H](C)[C@@H]1NC(=O)[C@H](Cc2ccc(O)cc2)NC(=O)[C@@H](N)CSSC[C@@H](C(=O)N2CCC[C@H]2C(=O)N[C@@H](CC(C)C)C(=O)NCC(N)=O)NC(=O)[C@H](CC(N)=O)NC(=O)[C@H](CCC(N)=O)NC1=O. The molecule has 7 rings (SSSR count). The fraction of sp³-hybridized carbons (Fsp3) is 0.672. The van der Waals surface area contributed by atoms with Crippen molar-refractivity contribution in [2.75, 3.05) is 24.6 Å². The minimum absolute atomic E-state index is 0.0468. The van der Waals surface area contributed by atoms with Gasteiger partial charge in [-0.05, 0) is 142 Å². The number of hydrogen-bond donors (Lipinski definition) is 12. The van der Waals surface area contributed by atoms with Gasteiger partial charge in [-0.15, -0.1) is 0 Å². The van der Waals surface area contributed by atoms with Gasteiger partial charge in [0, 0.05) is 43.2 Å². The van der Waals surface area contributed by atoms with Gasteiger partial charge in [-0.3, -0.25) is 62.3 Å². The van der Waals surface area contributed by atoms with Crippen LogP contribution in [0.25, 0.3) is 0 Å². The molecule has 2 aliphatic heterocycles. The third-order valence-corrected chi connectivity index (χ3v) is 22.2. The number of nitrogens with one attached hydrogen (secondary N) is 7. The van der Waals surface area contributed by atoms with Crippen LogP contribution in [0.2, 0.25) is 0 Å². The fourth-order valence-electron chi connectivity index (χ4n) is 14.6. The minimum atomic E-state index is -1.75. The van der Waals surface area contributed by atoms with E-state index >= 15 is 0 Å². The Morgan fingerprint density at radius 1 is 0.739 bits per heavy atom. The number of allylic oxidation sites excluding steroid dienone is 1. The first kappa shape index (κ1) is 74.0. The van der Waals surface area contributed by atoms with Crippen LogP contribution in [0.1, 0.15) is 150 Å². The first-order valence-corrected chi connectivity index (χ1v) is 34.6. The number of Topliss-reactive ketones (excluding diaryl/α,β-unsaturated/α-hetero) is 1. The monoisotopic (exact) mass is 1320 g/mol. The molecule has 6 aliphatic rings. The van der Waals surface area contributed by atoms with Crippen LogP contribution in [0.3, 0.4) is 0 Å². The van der Waals surface area contributed by atoms with Gasteiger partial charge in [-0.2, -0.15) is 0 Å². The second kappa shape index (κ2) is 33.2. The number of carbonyl (C=O) groups excluding carboxylic acids is 13. The summed E-state index contributed by atoms with van der Waals surface area (Å²) in [5, 5.41) is 27.7. The maximum atomic E-state index is 14.5. The zero-order chi connectivity index (χ0) is 67.9. The van der Waals surface area contributed by atoms with Gasteiger partial charge in [0.15, 0.2) is 5.78 Å². The third kappa shape index (κ3) is 19.3. The highest BCUT2D eigenvalue weighted by Gasteiger charge is 2.60. The Morgan fingerprint density at radius 3 is 2.03 bits per heavy atom. The second-order valence-electron chi connectivity index (χ2n) is 26.7. The summed E-state index contributed by atoms with van der Waals surface area (Å²) in [4.78, 5) is 172.